The minimum absolute atomic E-state index is 0.388. The van der Waals surface area contributed by atoms with E-state index in [9.17, 15) is 4.79 Å². The summed E-state index contributed by atoms with van der Waals surface area (Å²) in [5.74, 6) is -1.15. The standard InChI is InChI=1S/C12H11NO2/c13-7-8-4-5-10-9(6-8)2-1-3-11(10)12(14)15/h4-6,11H,1-3H2,(H,14,15). The Labute approximate surface area is 88.0 Å². The van der Waals surface area contributed by atoms with Crippen LogP contribution >= 0.6 is 0 Å². The van der Waals surface area contributed by atoms with Gasteiger partial charge in [0, 0.05) is 0 Å². The summed E-state index contributed by atoms with van der Waals surface area (Å²) in [7, 11) is 0. The Bertz CT molecular complexity index is 445. The fourth-order valence-electron chi connectivity index (χ4n) is 2.14. The molecule has 0 fully saturated rings. The number of fused-ring (bicyclic) bond motifs is 1. The molecule has 0 radical (unpaired) electrons. The Balaban J connectivity index is 2.46. The normalized spacial score (nSPS) is 19.0. The van der Waals surface area contributed by atoms with Crippen molar-refractivity contribution in [2.24, 2.45) is 0 Å². The first-order valence-electron chi connectivity index (χ1n) is 4.98. The maximum Gasteiger partial charge on any atom is 0.310 e. The van der Waals surface area contributed by atoms with E-state index in [2.05, 4.69) is 6.07 Å². The van der Waals surface area contributed by atoms with Gasteiger partial charge >= 0.3 is 5.97 Å². The van der Waals surface area contributed by atoms with Crippen LogP contribution in [0.5, 0.6) is 0 Å². The number of carboxylic acid groups (broad SMARTS) is 1. The topological polar surface area (TPSA) is 61.1 Å². The van der Waals surface area contributed by atoms with E-state index in [-0.39, 0.29) is 5.92 Å². The quantitative estimate of drug-likeness (QED) is 0.756. The van der Waals surface area contributed by atoms with E-state index in [1.165, 1.54) is 0 Å². The van der Waals surface area contributed by atoms with Crippen molar-refractivity contribution in [3.8, 4) is 6.07 Å². The van der Waals surface area contributed by atoms with Crippen molar-refractivity contribution in [2.75, 3.05) is 0 Å². The van der Waals surface area contributed by atoms with Gasteiger partial charge in [-0.2, -0.15) is 5.26 Å². The van der Waals surface area contributed by atoms with Crippen LogP contribution < -0.4 is 0 Å². The summed E-state index contributed by atoms with van der Waals surface area (Å²) in [6.45, 7) is 0. The van der Waals surface area contributed by atoms with Crippen molar-refractivity contribution in [1.29, 1.82) is 5.26 Å². The molecule has 15 heavy (non-hydrogen) atoms. The lowest BCUT2D eigenvalue weighted by Gasteiger charge is -2.22. The van der Waals surface area contributed by atoms with Gasteiger partial charge in [-0.3, -0.25) is 4.79 Å². The van der Waals surface area contributed by atoms with Crippen LogP contribution in [0.4, 0.5) is 0 Å². The van der Waals surface area contributed by atoms with E-state index in [1.807, 2.05) is 6.07 Å². The van der Waals surface area contributed by atoms with Crippen LogP contribution in [0.2, 0.25) is 0 Å². The monoisotopic (exact) mass is 201 g/mol. The van der Waals surface area contributed by atoms with E-state index in [1.54, 1.807) is 12.1 Å². The lowest BCUT2D eigenvalue weighted by atomic mass is 9.82. The molecule has 0 spiro atoms. The first-order valence-corrected chi connectivity index (χ1v) is 4.98. The average molecular weight is 201 g/mol. The molecule has 2 rings (SSSR count). The molecule has 76 valence electrons. The number of hydrogen-bond acceptors (Lipinski definition) is 2. The van der Waals surface area contributed by atoms with E-state index in [0.29, 0.717) is 12.0 Å². The molecule has 0 heterocycles. The molecule has 0 bridgehead atoms. The predicted octanol–water partition coefficient (Wildman–Crippen LogP) is 2.06. The molecule has 0 amide bonds. The highest BCUT2D eigenvalue weighted by Crippen LogP contribution is 2.32. The highest BCUT2D eigenvalue weighted by Gasteiger charge is 2.25. The molecular weight excluding hydrogens is 190 g/mol. The van der Waals surface area contributed by atoms with Gasteiger partial charge in [0.25, 0.3) is 0 Å². The van der Waals surface area contributed by atoms with Gasteiger partial charge in [0.2, 0.25) is 0 Å². The van der Waals surface area contributed by atoms with Gasteiger partial charge in [0.15, 0.2) is 0 Å². The van der Waals surface area contributed by atoms with Crippen molar-refractivity contribution in [3.05, 3.63) is 34.9 Å². The lowest BCUT2D eigenvalue weighted by Crippen LogP contribution is -2.17. The summed E-state index contributed by atoms with van der Waals surface area (Å²) in [6.07, 6.45) is 2.47. The highest BCUT2D eigenvalue weighted by atomic mass is 16.4. The fourth-order valence-corrected chi connectivity index (χ4v) is 2.14. The van der Waals surface area contributed by atoms with Crippen molar-refractivity contribution in [2.45, 2.75) is 25.2 Å². The van der Waals surface area contributed by atoms with E-state index in [4.69, 9.17) is 10.4 Å². The van der Waals surface area contributed by atoms with Crippen LogP contribution in [0.1, 0.15) is 35.4 Å². The Morgan fingerprint density at radius 3 is 3.00 bits per heavy atom. The zero-order chi connectivity index (χ0) is 10.8. The number of rotatable bonds is 1. The van der Waals surface area contributed by atoms with Crippen LogP contribution in [0.25, 0.3) is 0 Å². The smallest absolute Gasteiger partial charge is 0.310 e. The molecule has 3 heteroatoms. The molecule has 1 unspecified atom stereocenters. The minimum atomic E-state index is -0.763. The third-order valence-electron chi connectivity index (χ3n) is 2.88. The van der Waals surface area contributed by atoms with E-state index < -0.39 is 5.97 Å². The number of benzene rings is 1. The fraction of sp³-hybridized carbons (Fsp3) is 0.333. The van der Waals surface area contributed by atoms with E-state index >= 15 is 0 Å². The summed E-state index contributed by atoms with van der Waals surface area (Å²) in [5, 5.41) is 17.8. The molecule has 0 saturated heterocycles. The molecule has 0 aromatic heterocycles. The maximum atomic E-state index is 11.0. The molecule has 1 aliphatic rings. The summed E-state index contributed by atoms with van der Waals surface area (Å²) in [4.78, 5) is 11.0. The molecule has 1 aromatic rings. The third-order valence-corrected chi connectivity index (χ3v) is 2.88. The first-order chi connectivity index (χ1) is 7.22. The summed E-state index contributed by atoms with van der Waals surface area (Å²) < 4.78 is 0. The van der Waals surface area contributed by atoms with Crippen molar-refractivity contribution in [3.63, 3.8) is 0 Å². The molecule has 1 aliphatic carbocycles. The lowest BCUT2D eigenvalue weighted by molar-refractivity contribution is -0.139. The van der Waals surface area contributed by atoms with Gasteiger partial charge in [-0.1, -0.05) is 6.07 Å². The molecular formula is C12H11NO2. The number of aryl methyl sites for hydroxylation is 1. The summed E-state index contributed by atoms with van der Waals surface area (Å²) >= 11 is 0. The molecule has 0 aliphatic heterocycles. The van der Waals surface area contributed by atoms with Gasteiger partial charge in [0.1, 0.15) is 0 Å². The molecule has 3 nitrogen and oxygen atoms in total. The second kappa shape index (κ2) is 3.74. The van der Waals surface area contributed by atoms with Crippen LogP contribution in [0.15, 0.2) is 18.2 Å². The molecule has 1 atom stereocenters. The van der Waals surface area contributed by atoms with Crippen LogP contribution in [0, 0.1) is 11.3 Å². The van der Waals surface area contributed by atoms with Gasteiger partial charge in [0.05, 0.1) is 17.6 Å². The molecule has 1 aromatic carbocycles. The second-order valence-electron chi connectivity index (χ2n) is 3.81. The number of hydrogen-bond donors (Lipinski definition) is 1. The largest absolute Gasteiger partial charge is 0.481 e. The predicted molar refractivity (Wildman–Crippen MR) is 54.5 cm³/mol. The Kier molecular flexibility index (Phi) is 2.42. The van der Waals surface area contributed by atoms with Crippen molar-refractivity contribution < 1.29 is 9.90 Å². The van der Waals surface area contributed by atoms with E-state index in [0.717, 1.165) is 24.0 Å². The number of carboxylic acids is 1. The number of nitrogens with zero attached hydrogens (tertiary/aromatic N) is 1. The number of carbonyl (C=O) groups is 1. The second-order valence-corrected chi connectivity index (χ2v) is 3.81. The maximum absolute atomic E-state index is 11.0. The molecule has 1 N–H and O–H groups in total. The average Bonchev–Trinajstić information content (AvgIpc) is 2.27. The SMILES string of the molecule is N#Cc1ccc2c(c1)CCCC2C(=O)O. The molecule has 0 saturated carbocycles. The Morgan fingerprint density at radius 2 is 2.33 bits per heavy atom. The summed E-state index contributed by atoms with van der Waals surface area (Å²) in [5.41, 5.74) is 2.51. The highest BCUT2D eigenvalue weighted by molar-refractivity contribution is 5.77. The minimum Gasteiger partial charge on any atom is -0.481 e. The Morgan fingerprint density at radius 1 is 1.53 bits per heavy atom. The first kappa shape index (κ1) is 9.72. The van der Waals surface area contributed by atoms with Crippen LogP contribution in [0.3, 0.4) is 0 Å². The third kappa shape index (κ3) is 1.71. The number of aliphatic carboxylic acids is 1. The Hall–Kier alpha value is -1.82. The van der Waals surface area contributed by atoms with Crippen molar-refractivity contribution in [1.82, 2.24) is 0 Å². The van der Waals surface area contributed by atoms with Gasteiger partial charge in [-0.25, -0.2) is 0 Å². The number of nitriles is 1. The summed E-state index contributed by atoms with van der Waals surface area (Å²) in [6, 6.07) is 7.36. The van der Waals surface area contributed by atoms with Gasteiger partial charge < -0.3 is 5.11 Å². The van der Waals surface area contributed by atoms with Crippen molar-refractivity contribution >= 4 is 5.97 Å². The zero-order valence-corrected chi connectivity index (χ0v) is 8.23. The van der Waals surface area contributed by atoms with Crippen LogP contribution in [-0.2, 0) is 11.2 Å². The van der Waals surface area contributed by atoms with Gasteiger partial charge in [-0.15, -0.1) is 0 Å². The van der Waals surface area contributed by atoms with Crippen LogP contribution in [-0.4, -0.2) is 11.1 Å². The zero-order valence-electron chi connectivity index (χ0n) is 8.23. The van der Waals surface area contributed by atoms with Gasteiger partial charge in [-0.05, 0) is 42.5 Å².